The van der Waals surface area contributed by atoms with Gasteiger partial charge in [0.25, 0.3) is 0 Å². The number of amides is 1. The third kappa shape index (κ3) is 6.66. The van der Waals surface area contributed by atoms with Crippen molar-refractivity contribution in [2.24, 2.45) is 0 Å². The van der Waals surface area contributed by atoms with Crippen LogP contribution in [-0.2, 0) is 17.9 Å². The number of hydrogen-bond donors (Lipinski definition) is 2. The average Bonchev–Trinajstić information content (AvgIpc) is 2.65. The number of rotatable bonds is 9. The smallest absolute Gasteiger partial charge is 0.233 e. The molecule has 2 rings (SSSR count). The molecule has 0 spiro atoms. The Hall–Kier alpha value is -2.84. The summed E-state index contributed by atoms with van der Waals surface area (Å²) >= 11 is 0. The second-order valence-electron chi connectivity index (χ2n) is 5.70. The summed E-state index contributed by atoms with van der Waals surface area (Å²) in [6, 6.07) is 17.2. The normalized spacial score (nSPS) is 10.1. The van der Waals surface area contributed by atoms with Gasteiger partial charge >= 0.3 is 0 Å². The number of nitrogens with one attached hydrogen (secondary N) is 2. The first kappa shape index (κ1) is 18.5. The van der Waals surface area contributed by atoms with Crippen molar-refractivity contribution in [1.82, 2.24) is 10.6 Å². The van der Waals surface area contributed by atoms with Gasteiger partial charge in [-0.05, 0) is 41.8 Å². The van der Waals surface area contributed by atoms with Gasteiger partial charge in [0.1, 0.15) is 12.4 Å². The number of benzene rings is 2. The molecule has 2 aromatic carbocycles. The van der Waals surface area contributed by atoms with Crippen molar-refractivity contribution >= 4 is 5.91 Å². The Morgan fingerprint density at radius 1 is 1.16 bits per heavy atom. The Bertz CT molecular complexity index is 738. The maximum atomic E-state index is 11.5. The third-order valence-electron chi connectivity index (χ3n) is 3.55. The van der Waals surface area contributed by atoms with Gasteiger partial charge in [-0.3, -0.25) is 4.79 Å². The second kappa shape index (κ2) is 10.1. The quantitative estimate of drug-likeness (QED) is 0.738. The van der Waals surface area contributed by atoms with Crippen molar-refractivity contribution in [2.75, 3.05) is 13.1 Å². The van der Waals surface area contributed by atoms with Crippen LogP contribution in [0.2, 0.25) is 0 Å². The molecule has 5 nitrogen and oxygen atoms in total. The van der Waals surface area contributed by atoms with Crippen molar-refractivity contribution in [2.45, 2.75) is 26.5 Å². The number of carbonyl (C=O) groups is 1. The van der Waals surface area contributed by atoms with E-state index in [4.69, 9.17) is 10.00 Å². The van der Waals surface area contributed by atoms with Gasteiger partial charge in [-0.2, -0.15) is 5.26 Å². The molecule has 25 heavy (non-hydrogen) atoms. The molecule has 0 bridgehead atoms. The van der Waals surface area contributed by atoms with Gasteiger partial charge in [-0.1, -0.05) is 31.2 Å². The van der Waals surface area contributed by atoms with E-state index in [0.29, 0.717) is 31.8 Å². The number of ether oxygens (including phenoxy) is 1. The lowest BCUT2D eigenvalue weighted by atomic mass is 10.1. The number of nitriles is 1. The summed E-state index contributed by atoms with van der Waals surface area (Å²) in [5, 5.41) is 14.9. The molecular formula is C20H23N3O2. The topological polar surface area (TPSA) is 74.2 Å². The summed E-state index contributed by atoms with van der Waals surface area (Å²) in [5.74, 6) is 0.767. The lowest BCUT2D eigenvalue weighted by Crippen LogP contribution is -2.33. The summed E-state index contributed by atoms with van der Waals surface area (Å²) < 4.78 is 5.80. The number of nitrogens with zero attached hydrogens (tertiary/aromatic N) is 1. The second-order valence-corrected chi connectivity index (χ2v) is 5.70. The Morgan fingerprint density at radius 2 is 1.96 bits per heavy atom. The molecule has 130 valence electrons. The summed E-state index contributed by atoms with van der Waals surface area (Å²) in [4.78, 5) is 11.5. The highest BCUT2D eigenvalue weighted by Gasteiger charge is 2.02. The maximum Gasteiger partial charge on any atom is 0.233 e. The maximum absolute atomic E-state index is 11.5. The van der Waals surface area contributed by atoms with Crippen LogP contribution in [0.15, 0.2) is 48.5 Å². The van der Waals surface area contributed by atoms with Crippen LogP contribution in [0.5, 0.6) is 5.75 Å². The summed E-state index contributed by atoms with van der Waals surface area (Å²) in [6.07, 6.45) is 0.933. The average molecular weight is 337 g/mol. The van der Waals surface area contributed by atoms with Crippen LogP contribution in [0.1, 0.15) is 30.0 Å². The molecule has 0 aromatic heterocycles. The van der Waals surface area contributed by atoms with Gasteiger partial charge in [-0.15, -0.1) is 0 Å². The van der Waals surface area contributed by atoms with Crippen LogP contribution < -0.4 is 15.4 Å². The molecule has 0 fully saturated rings. The first-order valence-electron chi connectivity index (χ1n) is 8.39. The van der Waals surface area contributed by atoms with Crippen LogP contribution in [0.25, 0.3) is 0 Å². The van der Waals surface area contributed by atoms with Gasteiger partial charge in [0.15, 0.2) is 0 Å². The zero-order valence-electron chi connectivity index (χ0n) is 14.4. The Labute approximate surface area is 148 Å². The predicted octanol–water partition coefficient (Wildman–Crippen LogP) is 2.75. The van der Waals surface area contributed by atoms with E-state index in [1.54, 1.807) is 6.07 Å². The van der Waals surface area contributed by atoms with E-state index in [2.05, 4.69) is 16.7 Å². The lowest BCUT2D eigenvalue weighted by molar-refractivity contribution is -0.120. The zero-order valence-corrected chi connectivity index (χ0v) is 14.4. The monoisotopic (exact) mass is 337 g/mol. The van der Waals surface area contributed by atoms with Crippen LogP contribution in [0, 0.1) is 11.3 Å². The van der Waals surface area contributed by atoms with Crippen molar-refractivity contribution in [3.63, 3.8) is 0 Å². The van der Waals surface area contributed by atoms with Crippen molar-refractivity contribution in [1.29, 1.82) is 5.26 Å². The molecule has 0 atom stereocenters. The molecule has 1 amide bonds. The van der Waals surface area contributed by atoms with Gasteiger partial charge in [0.05, 0.1) is 18.2 Å². The highest BCUT2D eigenvalue weighted by Crippen LogP contribution is 2.15. The molecule has 5 heteroatoms. The predicted molar refractivity (Wildman–Crippen MR) is 96.9 cm³/mol. The third-order valence-corrected chi connectivity index (χ3v) is 3.55. The van der Waals surface area contributed by atoms with Crippen LogP contribution in [0.3, 0.4) is 0 Å². The first-order chi connectivity index (χ1) is 12.2. The molecule has 0 radical (unpaired) electrons. The fraction of sp³-hybridized carbons (Fsp3) is 0.300. The SMILES string of the molecule is CCCNC(=O)CNCc1cccc(OCc2cccc(C#N)c2)c1. The minimum atomic E-state index is 0.00614. The van der Waals surface area contributed by atoms with Gasteiger partial charge in [-0.25, -0.2) is 0 Å². The van der Waals surface area contributed by atoms with Gasteiger partial charge in [0.2, 0.25) is 5.91 Å². The van der Waals surface area contributed by atoms with E-state index >= 15 is 0 Å². The van der Waals surface area contributed by atoms with E-state index in [0.717, 1.165) is 23.3 Å². The van der Waals surface area contributed by atoms with Crippen molar-refractivity contribution in [3.05, 3.63) is 65.2 Å². The van der Waals surface area contributed by atoms with E-state index in [1.165, 1.54) is 0 Å². The molecule has 0 saturated heterocycles. The van der Waals surface area contributed by atoms with E-state index in [9.17, 15) is 4.79 Å². The summed E-state index contributed by atoms with van der Waals surface area (Å²) in [7, 11) is 0. The Morgan fingerprint density at radius 3 is 2.76 bits per heavy atom. The Kier molecular flexibility index (Phi) is 7.48. The van der Waals surface area contributed by atoms with Crippen LogP contribution in [-0.4, -0.2) is 19.0 Å². The van der Waals surface area contributed by atoms with Crippen LogP contribution >= 0.6 is 0 Å². The highest BCUT2D eigenvalue weighted by molar-refractivity contribution is 5.77. The minimum Gasteiger partial charge on any atom is -0.489 e. The van der Waals surface area contributed by atoms with Crippen LogP contribution in [0.4, 0.5) is 0 Å². The highest BCUT2D eigenvalue weighted by atomic mass is 16.5. The molecule has 0 heterocycles. The fourth-order valence-corrected chi connectivity index (χ4v) is 2.29. The molecular weight excluding hydrogens is 314 g/mol. The fourth-order valence-electron chi connectivity index (χ4n) is 2.29. The summed E-state index contributed by atoms with van der Waals surface area (Å²) in [5.41, 5.74) is 2.63. The standard InChI is InChI=1S/C20H23N3O2/c1-2-9-23-20(24)14-22-13-17-6-4-8-19(11-17)25-15-18-7-3-5-16(10-18)12-21/h3-8,10-11,22H,2,9,13-15H2,1H3,(H,23,24). The molecule has 0 saturated carbocycles. The van der Waals surface area contributed by atoms with E-state index in [-0.39, 0.29) is 5.91 Å². The summed E-state index contributed by atoms with van der Waals surface area (Å²) in [6.45, 7) is 4.03. The molecule has 2 aromatic rings. The first-order valence-corrected chi connectivity index (χ1v) is 8.39. The Balaban J connectivity index is 1.82. The molecule has 0 aliphatic rings. The molecule has 0 unspecified atom stereocenters. The number of carbonyl (C=O) groups excluding carboxylic acids is 1. The largest absolute Gasteiger partial charge is 0.489 e. The van der Waals surface area contributed by atoms with Gasteiger partial charge < -0.3 is 15.4 Å². The van der Waals surface area contributed by atoms with Crippen molar-refractivity contribution < 1.29 is 9.53 Å². The number of hydrogen-bond acceptors (Lipinski definition) is 4. The molecule has 0 aliphatic carbocycles. The lowest BCUT2D eigenvalue weighted by Gasteiger charge is -2.09. The van der Waals surface area contributed by atoms with E-state index in [1.807, 2.05) is 49.4 Å². The van der Waals surface area contributed by atoms with Gasteiger partial charge in [0, 0.05) is 13.1 Å². The molecule has 0 aliphatic heterocycles. The van der Waals surface area contributed by atoms with E-state index < -0.39 is 0 Å². The van der Waals surface area contributed by atoms with Crippen molar-refractivity contribution in [3.8, 4) is 11.8 Å². The zero-order chi connectivity index (χ0) is 17.9. The molecule has 2 N–H and O–H groups in total. The minimum absolute atomic E-state index is 0.00614.